The van der Waals surface area contributed by atoms with Gasteiger partial charge in [0.25, 0.3) is 0 Å². The van der Waals surface area contributed by atoms with E-state index in [1.165, 1.54) is 0 Å². The van der Waals surface area contributed by atoms with E-state index in [9.17, 15) is 14.4 Å². The monoisotopic (exact) mass is 481 g/mol. The van der Waals surface area contributed by atoms with Crippen LogP contribution in [0.5, 0.6) is 0 Å². The smallest absolute Gasteiger partial charge is 0.240 e. The third-order valence-corrected chi connectivity index (χ3v) is 3.93. The average molecular weight is 482 g/mol. The summed E-state index contributed by atoms with van der Waals surface area (Å²) in [5, 5.41) is 11.0. The summed E-state index contributed by atoms with van der Waals surface area (Å²) < 4.78 is 31.7. The lowest BCUT2D eigenvalue weighted by Crippen LogP contribution is -2.45. The summed E-state index contributed by atoms with van der Waals surface area (Å²) in [4.78, 5) is 33.8. The Kier molecular flexibility index (Phi) is 22.0. The van der Waals surface area contributed by atoms with Gasteiger partial charge in [0.1, 0.15) is 6.04 Å². The molecular formula is C20H39N3O10. The first-order chi connectivity index (χ1) is 16.0. The second kappa shape index (κ2) is 23.3. The normalized spacial score (nSPS) is 11.9. The van der Waals surface area contributed by atoms with E-state index < -0.39 is 23.8 Å². The van der Waals surface area contributed by atoms with E-state index in [-0.39, 0.29) is 32.5 Å². The van der Waals surface area contributed by atoms with Crippen LogP contribution in [0.25, 0.3) is 0 Å². The van der Waals surface area contributed by atoms with Crippen molar-refractivity contribution in [3.05, 3.63) is 0 Å². The number of nitrogens with two attached hydrogens (primary N) is 2. The van der Waals surface area contributed by atoms with Crippen LogP contribution in [-0.4, -0.2) is 115 Å². The van der Waals surface area contributed by atoms with E-state index in [4.69, 9.17) is 45.0 Å². The minimum Gasteiger partial charge on any atom is -0.394 e. The first-order valence-corrected chi connectivity index (χ1v) is 10.9. The first-order valence-electron chi connectivity index (χ1n) is 10.9. The molecular weight excluding hydrogens is 442 g/mol. The lowest BCUT2D eigenvalue weighted by atomic mass is 10.1. The maximum Gasteiger partial charge on any atom is 0.240 e. The number of aliphatic hydroxyl groups is 1. The molecule has 0 saturated carbocycles. The van der Waals surface area contributed by atoms with Crippen LogP contribution in [0.2, 0.25) is 0 Å². The van der Waals surface area contributed by atoms with Crippen molar-refractivity contribution in [1.29, 1.82) is 0 Å². The van der Waals surface area contributed by atoms with E-state index in [0.29, 0.717) is 72.7 Å². The second-order valence-corrected chi connectivity index (χ2v) is 6.68. The molecule has 194 valence electrons. The van der Waals surface area contributed by atoms with Gasteiger partial charge in [0.2, 0.25) is 17.7 Å². The summed E-state index contributed by atoms with van der Waals surface area (Å²) in [6.45, 7) is 4.69. The molecule has 13 heteroatoms. The number of hydrogen-bond donors (Lipinski definition) is 4. The van der Waals surface area contributed by atoms with Gasteiger partial charge in [0, 0.05) is 12.8 Å². The molecule has 0 aliphatic rings. The number of ether oxygens (including phenoxy) is 6. The first kappa shape index (κ1) is 31.1. The molecule has 0 rings (SSSR count). The molecule has 6 N–H and O–H groups in total. The Bertz CT molecular complexity index is 510. The van der Waals surface area contributed by atoms with Crippen molar-refractivity contribution in [1.82, 2.24) is 5.32 Å². The van der Waals surface area contributed by atoms with Crippen molar-refractivity contribution in [3.63, 3.8) is 0 Å². The van der Waals surface area contributed by atoms with E-state index in [1.54, 1.807) is 0 Å². The summed E-state index contributed by atoms with van der Waals surface area (Å²) in [6, 6.07) is -0.935. The molecule has 0 aromatic carbocycles. The van der Waals surface area contributed by atoms with Gasteiger partial charge in [0.15, 0.2) is 0 Å². The Morgan fingerprint density at radius 2 is 1.03 bits per heavy atom. The molecule has 0 aromatic rings. The summed E-state index contributed by atoms with van der Waals surface area (Å²) in [5.74, 6) is -1.70. The van der Waals surface area contributed by atoms with Crippen LogP contribution < -0.4 is 16.8 Å². The minimum absolute atomic E-state index is 0.00578. The van der Waals surface area contributed by atoms with Gasteiger partial charge in [-0.25, -0.2) is 0 Å². The summed E-state index contributed by atoms with van der Waals surface area (Å²) in [7, 11) is 0. The Balaban J connectivity index is 3.37. The number of nitrogens with one attached hydrogen (secondary N) is 1. The third kappa shape index (κ3) is 23.1. The lowest BCUT2D eigenvalue weighted by Gasteiger charge is -2.14. The maximum atomic E-state index is 11.8. The molecule has 1 atom stereocenters. The van der Waals surface area contributed by atoms with Gasteiger partial charge in [0.05, 0.1) is 85.9 Å². The number of carbonyl (C=O) groups is 3. The fraction of sp³-hybridized carbons (Fsp3) is 0.850. The van der Waals surface area contributed by atoms with Gasteiger partial charge >= 0.3 is 0 Å². The zero-order chi connectivity index (χ0) is 24.6. The molecule has 33 heavy (non-hydrogen) atoms. The van der Waals surface area contributed by atoms with E-state index in [2.05, 4.69) is 5.32 Å². The van der Waals surface area contributed by atoms with Crippen molar-refractivity contribution in [2.24, 2.45) is 11.5 Å². The Hall–Kier alpha value is -1.87. The average Bonchev–Trinajstić information content (AvgIpc) is 2.77. The predicted octanol–water partition coefficient (Wildman–Crippen LogP) is -2.30. The molecule has 0 spiro atoms. The van der Waals surface area contributed by atoms with Crippen LogP contribution in [-0.2, 0) is 42.8 Å². The summed E-state index contributed by atoms with van der Waals surface area (Å²) in [5.41, 5.74) is 10.2. The quantitative estimate of drug-likeness (QED) is 0.103. The van der Waals surface area contributed by atoms with Crippen molar-refractivity contribution >= 4 is 17.7 Å². The number of amides is 3. The fourth-order valence-electron chi connectivity index (χ4n) is 2.27. The highest BCUT2D eigenvalue weighted by molar-refractivity contribution is 5.87. The summed E-state index contributed by atoms with van der Waals surface area (Å²) in [6.07, 6.45) is 0.0686. The van der Waals surface area contributed by atoms with Gasteiger partial charge in [-0.05, 0) is 6.42 Å². The zero-order valence-electron chi connectivity index (χ0n) is 19.2. The highest BCUT2D eigenvalue weighted by atomic mass is 16.6. The largest absolute Gasteiger partial charge is 0.394 e. The number of hydrogen-bond acceptors (Lipinski definition) is 10. The van der Waals surface area contributed by atoms with E-state index in [1.807, 2.05) is 0 Å². The molecule has 0 heterocycles. The lowest BCUT2D eigenvalue weighted by molar-refractivity contribution is -0.128. The summed E-state index contributed by atoms with van der Waals surface area (Å²) >= 11 is 0. The number of rotatable bonds is 25. The van der Waals surface area contributed by atoms with Gasteiger partial charge < -0.3 is 50.3 Å². The zero-order valence-corrected chi connectivity index (χ0v) is 19.2. The highest BCUT2D eigenvalue weighted by Crippen LogP contribution is 1.97. The molecule has 0 aromatic heterocycles. The molecule has 0 bridgehead atoms. The van der Waals surface area contributed by atoms with Crippen molar-refractivity contribution in [3.8, 4) is 0 Å². The Labute approximate surface area is 194 Å². The molecule has 0 radical (unpaired) electrons. The fourth-order valence-corrected chi connectivity index (χ4v) is 2.27. The van der Waals surface area contributed by atoms with Crippen LogP contribution in [0.15, 0.2) is 0 Å². The number of primary amides is 2. The van der Waals surface area contributed by atoms with Crippen LogP contribution in [0.4, 0.5) is 0 Å². The molecule has 0 unspecified atom stereocenters. The van der Waals surface area contributed by atoms with Gasteiger partial charge in [-0.1, -0.05) is 0 Å². The molecule has 0 aliphatic heterocycles. The standard InChI is InChI=1S/C20H39N3O10/c21-18(25)2-1-17(20(22)27)23-19(26)3-5-28-7-9-30-11-13-32-15-16-33-14-12-31-10-8-29-6-4-24/h17,24H,1-16H2,(H2,21,25)(H2,22,27)(H,23,26)/t17-/m0/s1. The predicted molar refractivity (Wildman–Crippen MR) is 116 cm³/mol. The van der Waals surface area contributed by atoms with Crippen LogP contribution in [0.1, 0.15) is 19.3 Å². The van der Waals surface area contributed by atoms with Crippen LogP contribution >= 0.6 is 0 Å². The van der Waals surface area contributed by atoms with Crippen molar-refractivity contribution in [2.75, 3.05) is 85.9 Å². The maximum absolute atomic E-state index is 11.8. The minimum atomic E-state index is -0.935. The topological polar surface area (TPSA) is 191 Å². The molecule has 0 saturated heterocycles. The van der Waals surface area contributed by atoms with Crippen LogP contribution in [0.3, 0.4) is 0 Å². The number of carbonyl (C=O) groups excluding carboxylic acids is 3. The Morgan fingerprint density at radius 1 is 0.636 bits per heavy atom. The molecule has 13 nitrogen and oxygen atoms in total. The van der Waals surface area contributed by atoms with E-state index >= 15 is 0 Å². The SMILES string of the molecule is NC(=O)CC[C@H](NC(=O)CCOCCOCCOCCOCCOCCOCCO)C(N)=O. The van der Waals surface area contributed by atoms with Gasteiger partial charge in [-0.3, -0.25) is 14.4 Å². The molecule has 0 fully saturated rings. The van der Waals surface area contributed by atoms with Crippen molar-refractivity contribution < 1.29 is 47.9 Å². The second-order valence-electron chi connectivity index (χ2n) is 6.68. The molecule has 0 aliphatic carbocycles. The molecule has 3 amide bonds. The highest BCUT2D eigenvalue weighted by Gasteiger charge is 2.18. The van der Waals surface area contributed by atoms with Gasteiger partial charge in [-0.2, -0.15) is 0 Å². The van der Waals surface area contributed by atoms with Crippen molar-refractivity contribution in [2.45, 2.75) is 25.3 Å². The van der Waals surface area contributed by atoms with Crippen LogP contribution in [0, 0.1) is 0 Å². The third-order valence-electron chi connectivity index (χ3n) is 3.93. The number of aliphatic hydroxyl groups excluding tert-OH is 1. The Morgan fingerprint density at radius 3 is 1.39 bits per heavy atom. The van der Waals surface area contributed by atoms with E-state index in [0.717, 1.165) is 0 Å². The van der Waals surface area contributed by atoms with Gasteiger partial charge in [-0.15, -0.1) is 0 Å².